The highest BCUT2D eigenvalue weighted by Crippen LogP contribution is 2.39. The van der Waals surface area contributed by atoms with E-state index >= 15 is 0 Å². The molecule has 0 fully saturated rings. The Labute approximate surface area is 183 Å². The highest BCUT2D eigenvalue weighted by atomic mass is 16.5. The molecule has 162 valence electrons. The lowest BCUT2D eigenvalue weighted by molar-refractivity contribution is -0.145. The fourth-order valence-corrected chi connectivity index (χ4v) is 4.07. The van der Waals surface area contributed by atoms with Crippen LogP contribution in [0.25, 0.3) is 28.3 Å². The zero-order chi connectivity index (χ0) is 22.4. The van der Waals surface area contributed by atoms with E-state index in [9.17, 15) is 9.59 Å². The van der Waals surface area contributed by atoms with Gasteiger partial charge in [-0.05, 0) is 38.1 Å². The van der Waals surface area contributed by atoms with Crippen LogP contribution in [-0.2, 0) is 20.9 Å². The number of amides is 1. The van der Waals surface area contributed by atoms with Crippen LogP contribution in [0.5, 0.6) is 0 Å². The molecule has 1 aliphatic heterocycles. The number of ether oxygens (including phenoxy) is 1. The molecule has 10 nitrogen and oxygen atoms in total. The number of nitrogens with zero attached hydrogens (tertiary/aromatic N) is 7. The first kappa shape index (κ1) is 19.9. The predicted octanol–water partition coefficient (Wildman–Crippen LogP) is 2.26. The number of esters is 1. The monoisotopic (exact) mass is 431 g/mol. The Morgan fingerprint density at radius 3 is 2.78 bits per heavy atom. The van der Waals surface area contributed by atoms with Crippen molar-refractivity contribution < 1.29 is 14.3 Å². The standard InChI is InChI=1S/C22H21N7O3/c1-4-32-21(31)17-11-27-20(15-8-9-18-23-12-24-28(18)10-15)19(16-7-5-6-13(2)25-16)26-22(27)29(17)14(3)30/h5-10,12,17H,4,11H2,1-3H3. The van der Waals surface area contributed by atoms with Crippen LogP contribution in [0.3, 0.4) is 0 Å². The van der Waals surface area contributed by atoms with Crippen molar-refractivity contribution in [2.75, 3.05) is 11.5 Å². The molecule has 1 atom stereocenters. The molecule has 0 N–H and O–H groups in total. The Morgan fingerprint density at radius 2 is 2.03 bits per heavy atom. The Hall–Kier alpha value is -4.08. The molecule has 5 rings (SSSR count). The van der Waals surface area contributed by atoms with Gasteiger partial charge in [-0.3, -0.25) is 14.7 Å². The maximum atomic E-state index is 12.6. The van der Waals surface area contributed by atoms with E-state index in [0.29, 0.717) is 23.0 Å². The SMILES string of the molecule is CCOC(=O)C1Cn2c(nc(-c3cccc(C)n3)c2-c2ccc3ncnn3c2)N1C(C)=O. The van der Waals surface area contributed by atoms with Gasteiger partial charge in [0.1, 0.15) is 12.0 Å². The number of aryl methyl sites for hydroxylation is 1. The molecule has 0 saturated carbocycles. The molecule has 0 bridgehead atoms. The van der Waals surface area contributed by atoms with Crippen LogP contribution in [0.15, 0.2) is 42.9 Å². The van der Waals surface area contributed by atoms with E-state index in [0.717, 1.165) is 17.0 Å². The lowest BCUT2D eigenvalue weighted by Crippen LogP contribution is -2.43. The summed E-state index contributed by atoms with van der Waals surface area (Å²) in [7, 11) is 0. The summed E-state index contributed by atoms with van der Waals surface area (Å²) < 4.78 is 8.77. The Balaban J connectivity index is 1.73. The largest absolute Gasteiger partial charge is 0.464 e. The molecule has 0 spiro atoms. The van der Waals surface area contributed by atoms with E-state index in [2.05, 4.69) is 15.1 Å². The average Bonchev–Trinajstić information content (AvgIpc) is 3.46. The molecular weight excluding hydrogens is 410 g/mol. The quantitative estimate of drug-likeness (QED) is 0.456. The summed E-state index contributed by atoms with van der Waals surface area (Å²) in [4.78, 5) is 40.2. The molecule has 0 aromatic carbocycles. The van der Waals surface area contributed by atoms with Gasteiger partial charge in [-0.15, -0.1) is 0 Å². The maximum absolute atomic E-state index is 12.6. The zero-order valence-corrected chi connectivity index (χ0v) is 17.9. The first-order chi connectivity index (χ1) is 15.5. The summed E-state index contributed by atoms with van der Waals surface area (Å²) in [6, 6.07) is 8.70. The lowest BCUT2D eigenvalue weighted by atomic mass is 10.1. The maximum Gasteiger partial charge on any atom is 0.331 e. The topological polar surface area (TPSA) is 108 Å². The first-order valence-corrected chi connectivity index (χ1v) is 10.3. The second-order valence-corrected chi connectivity index (χ2v) is 7.52. The van der Waals surface area contributed by atoms with Gasteiger partial charge in [-0.25, -0.2) is 19.3 Å². The van der Waals surface area contributed by atoms with E-state index in [1.54, 1.807) is 11.4 Å². The van der Waals surface area contributed by atoms with E-state index < -0.39 is 12.0 Å². The summed E-state index contributed by atoms with van der Waals surface area (Å²) in [6.07, 6.45) is 3.33. The van der Waals surface area contributed by atoms with Gasteiger partial charge in [0, 0.05) is 24.4 Å². The van der Waals surface area contributed by atoms with Gasteiger partial charge < -0.3 is 9.30 Å². The van der Waals surface area contributed by atoms with Gasteiger partial charge in [-0.1, -0.05) is 6.07 Å². The minimum absolute atomic E-state index is 0.233. The Morgan fingerprint density at radius 1 is 1.19 bits per heavy atom. The molecule has 10 heteroatoms. The molecule has 4 aromatic heterocycles. The minimum atomic E-state index is -0.775. The van der Waals surface area contributed by atoms with Gasteiger partial charge in [0.2, 0.25) is 11.9 Å². The smallest absolute Gasteiger partial charge is 0.331 e. The number of pyridine rings is 2. The van der Waals surface area contributed by atoms with Crippen molar-refractivity contribution in [3.05, 3.63) is 48.5 Å². The molecule has 0 saturated heterocycles. The summed E-state index contributed by atoms with van der Waals surface area (Å²) in [6.45, 7) is 5.54. The van der Waals surface area contributed by atoms with E-state index in [-0.39, 0.29) is 19.1 Å². The van der Waals surface area contributed by atoms with Crippen molar-refractivity contribution in [1.29, 1.82) is 0 Å². The average molecular weight is 431 g/mol. The van der Waals surface area contributed by atoms with Crippen molar-refractivity contribution in [2.24, 2.45) is 0 Å². The lowest BCUT2D eigenvalue weighted by Gasteiger charge is -2.20. The van der Waals surface area contributed by atoms with Crippen molar-refractivity contribution >= 4 is 23.5 Å². The van der Waals surface area contributed by atoms with Crippen molar-refractivity contribution in [1.82, 2.24) is 29.1 Å². The number of rotatable bonds is 4. The fraction of sp³-hybridized carbons (Fsp3) is 0.273. The third-order valence-electron chi connectivity index (χ3n) is 5.41. The number of hydrogen-bond donors (Lipinski definition) is 0. The van der Waals surface area contributed by atoms with E-state index in [4.69, 9.17) is 9.72 Å². The highest BCUT2D eigenvalue weighted by Gasteiger charge is 2.42. The number of carbonyl (C=O) groups is 2. The summed E-state index contributed by atoms with van der Waals surface area (Å²) in [5, 5.41) is 4.23. The van der Waals surface area contributed by atoms with Gasteiger partial charge in [0.15, 0.2) is 11.7 Å². The zero-order valence-electron chi connectivity index (χ0n) is 17.9. The Kier molecular flexibility index (Phi) is 4.69. The van der Waals surface area contributed by atoms with E-state index in [1.807, 2.05) is 48.0 Å². The second kappa shape index (κ2) is 7.56. The van der Waals surface area contributed by atoms with Crippen LogP contribution >= 0.6 is 0 Å². The number of hydrogen-bond acceptors (Lipinski definition) is 7. The number of carbonyl (C=O) groups excluding carboxylic acids is 2. The number of fused-ring (bicyclic) bond motifs is 2. The molecule has 32 heavy (non-hydrogen) atoms. The number of aromatic nitrogens is 6. The van der Waals surface area contributed by atoms with Crippen LogP contribution in [0, 0.1) is 6.92 Å². The third-order valence-corrected chi connectivity index (χ3v) is 5.41. The minimum Gasteiger partial charge on any atom is -0.464 e. The van der Waals surface area contributed by atoms with Crippen LogP contribution < -0.4 is 4.90 Å². The van der Waals surface area contributed by atoms with Gasteiger partial charge in [0.05, 0.1) is 24.5 Å². The first-order valence-electron chi connectivity index (χ1n) is 10.3. The summed E-state index contributed by atoms with van der Waals surface area (Å²) >= 11 is 0. The van der Waals surface area contributed by atoms with Gasteiger partial charge in [0.25, 0.3) is 0 Å². The second-order valence-electron chi connectivity index (χ2n) is 7.52. The third kappa shape index (κ3) is 3.11. The van der Waals surface area contributed by atoms with Gasteiger partial charge >= 0.3 is 5.97 Å². The molecule has 4 aromatic rings. The summed E-state index contributed by atoms with van der Waals surface area (Å²) in [5.41, 5.74) is 4.41. The molecule has 1 unspecified atom stereocenters. The number of imidazole rings is 1. The number of anilines is 1. The molecule has 1 amide bonds. The van der Waals surface area contributed by atoms with Crippen LogP contribution in [0.2, 0.25) is 0 Å². The molecule has 0 aliphatic carbocycles. The van der Waals surface area contributed by atoms with Crippen LogP contribution in [-0.4, -0.2) is 53.7 Å². The van der Waals surface area contributed by atoms with Gasteiger partial charge in [-0.2, -0.15) is 5.10 Å². The van der Waals surface area contributed by atoms with E-state index in [1.165, 1.54) is 18.2 Å². The van der Waals surface area contributed by atoms with Crippen LogP contribution in [0.4, 0.5) is 5.95 Å². The predicted molar refractivity (Wildman–Crippen MR) is 116 cm³/mol. The van der Waals surface area contributed by atoms with Crippen LogP contribution in [0.1, 0.15) is 19.5 Å². The molecule has 5 heterocycles. The fourth-order valence-electron chi connectivity index (χ4n) is 4.07. The Bertz CT molecular complexity index is 1360. The van der Waals surface area contributed by atoms with Crippen molar-refractivity contribution in [3.8, 4) is 22.6 Å². The normalized spacial score (nSPS) is 15.2. The van der Waals surface area contributed by atoms with Crippen molar-refractivity contribution in [2.45, 2.75) is 33.4 Å². The molecular formula is C22H21N7O3. The molecule has 1 aliphatic rings. The van der Waals surface area contributed by atoms with Crippen molar-refractivity contribution in [3.63, 3.8) is 0 Å². The molecule has 0 radical (unpaired) electrons. The highest BCUT2D eigenvalue weighted by molar-refractivity contribution is 5.99. The summed E-state index contributed by atoms with van der Waals surface area (Å²) in [5.74, 6) is -0.350.